The van der Waals surface area contributed by atoms with Crippen molar-refractivity contribution >= 4 is 5.97 Å². The zero-order valence-electron chi connectivity index (χ0n) is 10.1. The molecular weight excluding hydrogens is 202 g/mol. The van der Waals surface area contributed by atoms with Crippen LogP contribution in [0.15, 0.2) is 0 Å². The number of carbonyl (C=O) groups is 1. The van der Waals surface area contributed by atoms with Crippen LogP contribution in [0.3, 0.4) is 0 Å². The number of aliphatic carboxylic acids is 1. The van der Waals surface area contributed by atoms with Gasteiger partial charge in [0.05, 0.1) is 6.42 Å². The van der Waals surface area contributed by atoms with Crippen LogP contribution in [0, 0.1) is 34.5 Å². The van der Waals surface area contributed by atoms with Crippen LogP contribution < -0.4 is 5.73 Å². The third-order valence-electron chi connectivity index (χ3n) is 5.77. The average molecular weight is 223 g/mol. The summed E-state index contributed by atoms with van der Waals surface area (Å²) in [5, 5.41) is 8.99. The molecule has 0 heterocycles. The number of carboxylic acids is 1. The molecule has 3 aliphatic carbocycles. The van der Waals surface area contributed by atoms with Crippen molar-refractivity contribution in [3.63, 3.8) is 0 Å². The summed E-state index contributed by atoms with van der Waals surface area (Å²) >= 11 is 0. The average Bonchev–Trinajstić information content (AvgIpc) is 2.54. The van der Waals surface area contributed by atoms with E-state index in [-0.39, 0.29) is 11.8 Å². The van der Waals surface area contributed by atoms with E-state index in [9.17, 15) is 4.79 Å². The molecule has 0 aliphatic heterocycles. The minimum absolute atomic E-state index is 0.0787. The van der Waals surface area contributed by atoms with E-state index in [1.807, 2.05) is 0 Å². The Balaban J connectivity index is 1.74. The number of rotatable bonds is 3. The van der Waals surface area contributed by atoms with E-state index in [2.05, 4.69) is 13.8 Å². The molecule has 5 atom stereocenters. The molecule has 1 unspecified atom stereocenters. The predicted molar refractivity (Wildman–Crippen MR) is 60.7 cm³/mol. The molecule has 3 heteroatoms. The lowest BCUT2D eigenvalue weighted by atomic mass is 9.77. The van der Waals surface area contributed by atoms with Gasteiger partial charge in [0.25, 0.3) is 0 Å². The number of hydrogen-bond donors (Lipinski definition) is 2. The van der Waals surface area contributed by atoms with Crippen molar-refractivity contribution in [2.45, 2.75) is 33.1 Å². The maximum absolute atomic E-state index is 10.9. The predicted octanol–water partition coefficient (Wildman–Crippen LogP) is 1.72. The Morgan fingerprint density at radius 2 is 1.81 bits per heavy atom. The van der Waals surface area contributed by atoms with Crippen LogP contribution in [0.1, 0.15) is 33.1 Å². The number of carboxylic acid groups (broad SMARTS) is 1. The van der Waals surface area contributed by atoms with Gasteiger partial charge in [-0.25, -0.2) is 0 Å². The quantitative estimate of drug-likeness (QED) is 0.765. The highest BCUT2D eigenvalue weighted by Crippen LogP contribution is 2.81. The van der Waals surface area contributed by atoms with Crippen LogP contribution in [0.2, 0.25) is 0 Å². The van der Waals surface area contributed by atoms with Crippen molar-refractivity contribution in [3.8, 4) is 0 Å². The molecule has 0 saturated heterocycles. The van der Waals surface area contributed by atoms with Crippen LogP contribution in [-0.2, 0) is 4.79 Å². The van der Waals surface area contributed by atoms with Gasteiger partial charge in [0, 0.05) is 0 Å². The first-order chi connectivity index (χ1) is 7.41. The molecule has 0 bridgehead atoms. The molecular formula is C13H21NO2. The lowest BCUT2D eigenvalue weighted by Crippen LogP contribution is -2.30. The minimum atomic E-state index is -0.681. The van der Waals surface area contributed by atoms with Gasteiger partial charge in [0.2, 0.25) is 0 Å². The second kappa shape index (κ2) is 2.81. The fraction of sp³-hybridized carbons (Fsp3) is 0.923. The maximum Gasteiger partial charge on any atom is 0.303 e. The molecule has 0 aromatic rings. The van der Waals surface area contributed by atoms with E-state index in [4.69, 9.17) is 10.8 Å². The molecule has 3 rings (SSSR count). The third-order valence-corrected chi connectivity index (χ3v) is 5.77. The number of hydrogen-bond acceptors (Lipinski definition) is 2. The van der Waals surface area contributed by atoms with Crippen molar-refractivity contribution in [2.24, 2.45) is 40.2 Å². The molecule has 0 spiro atoms. The van der Waals surface area contributed by atoms with Gasteiger partial charge in [-0.05, 0) is 53.9 Å². The van der Waals surface area contributed by atoms with E-state index in [0.29, 0.717) is 12.0 Å². The molecule has 90 valence electrons. The standard InChI is InChI=1S/C13H21NO2/c1-12(2)10-7-3-13(6-14,5-9(15)16)4-8(7)11(10)12/h7-8,10-11H,3-6,14H2,1-2H3,(H,15,16)/t7-,8+,10+,11-,13?. The van der Waals surface area contributed by atoms with Gasteiger partial charge in [-0.1, -0.05) is 13.8 Å². The molecule has 3 fully saturated rings. The summed E-state index contributed by atoms with van der Waals surface area (Å²) in [6, 6.07) is 0. The number of nitrogens with two attached hydrogens (primary N) is 1. The van der Waals surface area contributed by atoms with Crippen LogP contribution in [-0.4, -0.2) is 17.6 Å². The first-order valence-corrected chi connectivity index (χ1v) is 6.33. The molecule has 16 heavy (non-hydrogen) atoms. The van der Waals surface area contributed by atoms with Gasteiger partial charge in [0.15, 0.2) is 0 Å². The molecule has 0 radical (unpaired) electrons. The summed E-state index contributed by atoms with van der Waals surface area (Å²) < 4.78 is 0. The van der Waals surface area contributed by atoms with Crippen molar-refractivity contribution in [1.82, 2.24) is 0 Å². The van der Waals surface area contributed by atoms with Crippen LogP contribution >= 0.6 is 0 Å². The van der Waals surface area contributed by atoms with Gasteiger partial charge >= 0.3 is 5.97 Å². The van der Waals surface area contributed by atoms with Crippen molar-refractivity contribution in [1.29, 1.82) is 0 Å². The zero-order chi connectivity index (χ0) is 11.7. The molecule has 0 aromatic heterocycles. The largest absolute Gasteiger partial charge is 0.481 e. The highest BCUT2D eigenvalue weighted by atomic mass is 16.4. The molecule has 3 nitrogen and oxygen atoms in total. The molecule has 3 aliphatic rings. The summed E-state index contributed by atoms with van der Waals surface area (Å²) in [5.74, 6) is 2.63. The maximum atomic E-state index is 10.9. The van der Waals surface area contributed by atoms with E-state index in [1.165, 1.54) is 0 Å². The van der Waals surface area contributed by atoms with Gasteiger partial charge < -0.3 is 10.8 Å². The van der Waals surface area contributed by atoms with E-state index in [0.717, 1.165) is 36.5 Å². The lowest BCUT2D eigenvalue weighted by Gasteiger charge is -2.28. The summed E-state index contributed by atoms with van der Waals surface area (Å²) in [5.41, 5.74) is 6.30. The third kappa shape index (κ3) is 1.10. The monoisotopic (exact) mass is 223 g/mol. The van der Waals surface area contributed by atoms with Gasteiger partial charge in [-0.15, -0.1) is 0 Å². The van der Waals surface area contributed by atoms with Crippen LogP contribution in [0.25, 0.3) is 0 Å². The summed E-state index contributed by atoms with van der Waals surface area (Å²) in [6.45, 7) is 5.27. The highest BCUT2D eigenvalue weighted by Gasteiger charge is 2.76. The Kier molecular flexibility index (Phi) is 1.86. The van der Waals surface area contributed by atoms with Gasteiger partial charge in [-0.3, -0.25) is 4.79 Å². The van der Waals surface area contributed by atoms with Crippen molar-refractivity contribution in [2.75, 3.05) is 6.54 Å². The first-order valence-electron chi connectivity index (χ1n) is 6.33. The van der Waals surface area contributed by atoms with E-state index in [1.54, 1.807) is 0 Å². The Morgan fingerprint density at radius 1 is 1.31 bits per heavy atom. The topological polar surface area (TPSA) is 63.3 Å². The fourth-order valence-electron chi connectivity index (χ4n) is 5.09. The molecule has 0 amide bonds. The Bertz CT molecular complexity index is 330. The van der Waals surface area contributed by atoms with Gasteiger partial charge in [0.1, 0.15) is 0 Å². The van der Waals surface area contributed by atoms with E-state index < -0.39 is 5.97 Å². The Morgan fingerprint density at radius 3 is 2.19 bits per heavy atom. The highest BCUT2D eigenvalue weighted by molar-refractivity contribution is 5.68. The van der Waals surface area contributed by atoms with Crippen molar-refractivity contribution < 1.29 is 9.90 Å². The normalized spacial score (nSPS) is 51.4. The SMILES string of the molecule is CC1(C)[C@@H]2[C@H]3CC(CN)(CC(=O)O)C[C@H]3[C@@H]21. The molecule has 3 N–H and O–H groups in total. The van der Waals surface area contributed by atoms with Crippen molar-refractivity contribution in [3.05, 3.63) is 0 Å². The first kappa shape index (κ1) is 10.6. The zero-order valence-corrected chi connectivity index (χ0v) is 10.1. The van der Waals surface area contributed by atoms with E-state index >= 15 is 0 Å². The molecule has 0 aromatic carbocycles. The van der Waals surface area contributed by atoms with Crippen LogP contribution in [0.4, 0.5) is 0 Å². The second-order valence-corrected chi connectivity index (χ2v) is 6.88. The summed E-state index contributed by atoms with van der Waals surface area (Å²) in [6.07, 6.45) is 2.40. The smallest absolute Gasteiger partial charge is 0.303 e. The Hall–Kier alpha value is -0.570. The summed E-state index contributed by atoms with van der Waals surface area (Å²) in [7, 11) is 0. The summed E-state index contributed by atoms with van der Waals surface area (Å²) in [4.78, 5) is 10.9. The Labute approximate surface area is 96.4 Å². The lowest BCUT2D eigenvalue weighted by molar-refractivity contribution is -0.139. The van der Waals surface area contributed by atoms with Crippen LogP contribution in [0.5, 0.6) is 0 Å². The molecule has 3 saturated carbocycles. The fourth-order valence-corrected chi connectivity index (χ4v) is 5.09. The number of fused-ring (bicyclic) bond motifs is 4. The minimum Gasteiger partial charge on any atom is -0.481 e. The second-order valence-electron chi connectivity index (χ2n) is 6.88. The van der Waals surface area contributed by atoms with Gasteiger partial charge in [-0.2, -0.15) is 0 Å².